The summed E-state index contributed by atoms with van der Waals surface area (Å²) in [5.41, 5.74) is 9.32. The molecule has 0 spiro atoms. The number of benzene rings is 2. The Morgan fingerprint density at radius 1 is 1.19 bits per heavy atom. The second-order valence-corrected chi connectivity index (χ2v) is 6.72. The van der Waals surface area contributed by atoms with E-state index in [0.717, 1.165) is 16.7 Å². The molecule has 1 aromatic heterocycles. The van der Waals surface area contributed by atoms with Gasteiger partial charge in [0, 0.05) is 28.5 Å². The number of aromatic nitrogens is 1. The van der Waals surface area contributed by atoms with Crippen LogP contribution in [0, 0.1) is 12.7 Å². The lowest BCUT2D eigenvalue weighted by molar-refractivity contribution is -0.119. The number of aryl methyl sites for hydroxylation is 1. The van der Waals surface area contributed by atoms with Gasteiger partial charge in [-0.15, -0.1) is 0 Å². The Balaban J connectivity index is 1.94. The van der Waals surface area contributed by atoms with Gasteiger partial charge < -0.3 is 5.73 Å². The highest BCUT2D eigenvalue weighted by atomic mass is 35.5. The first kappa shape index (κ1) is 18.1. The van der Waals surface area contributed by atoms with Gasteiger partial charge >= 0.3 is 0 Å². The van der Waals surface area contributed by atoms with E-state index in [0.29, 0.717) is 22.6 Å². The molecule has 132 valence electrons. The lowest BCUT2D eigenvalue weighted by Crippen LogP contribution is -2.23. The molecular formula is C21H18ClFN2O. The van der Waals surface area contributed by atoms with Gasteiger partial charge in [-0.3, -0.25) is 9.78 Å². The molecule has 0 aliphatic heterocycles. The number of hydrogen-bond donors (Lipinski definition) is 1. The predicted octanol–water partition coefficient (Wildman–Crippen LogP) is 4.66. The van der Waals surface area contributed by atoms with Crippen molar-refractivity contribution in [1.82, 2.24) is 4.98 Å². The molecule has 1 unspecified atom stereocenters. The summed E-state index contributed by atoms with van der Waals surface area (Å²) in [6.45, 7) is 1.96. The zero-order valence-electron chi connectivity index (χ0n) is 14.2. The number of nitrogens with zero attached hydrogens (tertiary/aromatic N) is 1. The van der Waals surface area contributed by atoms with Crippen LogP contribution in [0.4, 0.5) is 4.39 Å². The molecule has 2 aromatic carbocycles. The van der Waals surface area contributed by atoms with Crippen molar-refractivity contribution in [2.24, 2.45) is 5.73 Å². The van der Waals surface area contributed by atoms with Crippen LogP contribution in [0.15, 0.2) is 60.9 Å². The Morgan fingerprint density at radius 3 is 2.73 bits per heavy atom. The van der Waals surface area contributed by atoms with E-state index in [1.807, 2.05) is 37.3 Å². The minimum atomic E-state index is -0.476. The Kier molecular flexibility index (Phi) is 5.33. The number of primary amides is 1. The van der Waals surface area contributed by atoms with E-state index in [1.54, 1.807) is 18.5 Å². The number of amides is 1. The molecule has 0 saturated heterocycles. The predicted molar refractivity (Wildman–Crippen MR) is 101 cm³/mol. The van der Waals surface area contributed by atoms with Crippen molar-refractivity contribution >= 4 is 17.5 Å². The van der Waals surface area contributed by atoms with Crippen LogP contribution < -0.4 is 5.73 Å². The molecule has 1 atom stereocenters. The second-order valence-electron chi connectivity index (χ2n) is 6.28. The van der Waals surface area contributed by atoms with Gasteiger partial charge in [0.25, 0.3) is 0 Å². The van der Waals surface area contributed by atoms with Crippen molar-refractivity contribution in [3.8, 4) is 11.1 Å². The Bertz CT molecular complexity index is 958. The molecule has 0 bridgehead atoms. The third kappa shape index (κ3) is 4.09. The number of carbonyl (C=O) groups excluding carboxylic acids is 1. The normalized spacial score (nSPS) is 12.0. The molecule has 26 heavy (non-hydrogen) atoms. The van der Waals surface area contributed by atoms with Gasteiger partial charge in [-0.2, -0.15) is 0 Å². The fraction of sp³-hybridized carbons (Fsp3) is 0.143. The fourth-order valence-corrected chi connectivity index (χ4v) is 3.14. The summed E-state index contributed by atoms with van der Waals surface area (Å²) in [5.74, 6) is -1.26. The highest BCUT2D eigenvalue weighted by molar-refractivity contribution is 6.30. The molecule has 5 heteroatoms. The van der Waals surface area contributed by atoms with Crippen LogP contribution in [-0.4, -0.2) is 10.9 Å². The third-order valence-electron chi connectivity index (χ3n) is 4.26. The maximum absolute atomic E-state index is 14.1. The van der Waals surface area contributed by atoms with Crippen LogP contribution >= 0.6 is 11.6 Å². The van der Waals surface area contributed by atoms with Crippen LogP contribution in [0.3, 0.4) is 0 Å². The van der Waals surface area contributed by atoms with Crippen molar-refractivity contribution in [2.45, 2.75) is 19.3 Å². The molecule has 0 aliphatic rings. The van der Waals surface area contributed by atoms with Gasteiger partial charge in [0.05, 0.1) is 5.92 Å². The maximum Gasteiger partial charge on any atom is 0.225 e. The van der Waals surface area contributed by atoms with Gasteiger partial charge in [0.2, 0.25) is 5.91 Å². The van der Waals surface area contributed by atoms with Crippen LogP contribution in [0.1, 0.15) is 22.6 Å². The lowest BCUT2D eigenvalue weighted by Gasteiger charge is -2.15. The number of nitrogens with two attached hydrogens (primary N) is 1. The molecule has 3 aromatic rings. The Morgan fingerprint density at radius 2 is 2.00 bits per heavy atom. The topological polar surface area (TPSA) is 56.0 Å². The van der Waals surface area contributed by atoms with Gasteiger partial charge in [-0.1, -0.05) is 41.4 Å². The first-order valence-electron chi connectivity index (χ1n) is 8.19. The number of halogens is 2. The van der Waals surface area contributed by atoms with Gasteiger partial charge in [0.1, 0.15) is 5.82 Å². The maximum atomic E-state index is 14.1. The SMILES string of the molecule is Cc1cccc(C(Cc2cncc(-c3cc(Cl)ccc3F)c2)C(N)=O)c1. The van der Waals surface area contributed by atoms with Crippen LogP contribution in [0.25, 0.3) is 11.1 Å². The third-order valence-corrected chi connectivity index (χ3v) is 4.50. The number of carbonyl (C=O) groups is 1. The van der Waals surface area contributed by atoms with E-state index in [9.17, 15) is 9.18 Å². The summed E-state index contributed by atoms with van der Waals surface area (Å²) >= 11 is 5.98. The summed E-state index contributed by atoms with van der Waals surface area (Å²) < 4.78 is 14.1. The van der Waals surface area contributed by atoms with Crippen molar-refractivity contribution < 1.29 is 9.18 Å². The zero-order valence-corrected chi connectivity index (χ0v) is 15.0. The van der Waals surface area contributed by atoms with Crippen molar-refractivity contribution in [3.63, 3.8) is 0 Å². The first-order valence-corrected chi connectivity index (χ1v) is 8.57. The molecule has 0 fully saturated rings. The van der Waals surface area contributed by atoms with Crippen molar-refractivity contribution in [3.05, 3.63) is 88.5 Å². The summed E-state index contributed by atoms with van der Waals surface area (Å²) in [6, 6.07) is 13.9. The van der Waals surface area contributed by atoms with Gasteiger partial charge in [0.15, 0.2) is 0 Å². The summed E-state index contributed by atoms with van der Waals surface area (Å²) in [5, 5.41) is 0.446. The molecule has 1 heterocycles. The number of pyridine rings is 1. The molecular weight excluding hydrogens is 351 g/mol. The average Bonchev–Trinajstić information content (AvgIpc) is 2.61. The van der Waals surface area contributed by atoms with Gasteiger partial charge in [-0.05, 0) is 48.7 Å². The highest BCUT2D eigenvalue weighted by Crippen LogP contribution is 2.28. The van der Waals surface area contributed by atoms with Crippen molar-refractivity contribution in [1.29, 1.82) is 0 Å². The molecule has 0 radical (unpaired) electrons. The van der Waals surface area contributed by atoms with Gasteiger partial charge in [-0.25, -0.2) is 4.39 Å². The first-order chi connectivity index (χ1) is 12.4. The monoisotopic (exact) mass is 368 g/mol. The fourth-order valence-electron chi connectivity index (χ4n) is 2.97. The smallest absolute Gasteiger partial charge is 0.225 e. The lowest BCUT2D eigenvalue weighted by atomic mass is 9.90. The second kappa shape index (κ2) is 7.67. The summed E-state index contributed by atoms with van der Waals surface area (Å²) in [7, 11) is 0. The molecule has 3 rings (SSSR count). The van der Waals surface area contributed by atoms with E-state index in [2.05, 4.69) is 4.98 Å². The minimum absolute atomic E-state index is 0.373. The van der Waals surface area contributed by atoms with E-state index in [4.69, 9.17) is 17.3 Å². The number of hydrogen-bond acceptors (Lipinski definition) is 2. The molecule has 0 saturated carbocycles. The largest absolute Gasteiger partial charge is 0.369 e. The Labute approximate surface area is 156 Å². The highest BCUT2D eigenvalue weighted by Gasteiger charge is 2.19. The quantitative estimate of drug-likeness (QED) is 0.712. The van der Waals surface area contributed by atoms with Crippen LogP contribution in [-0.2, 0) is 11.2 Å². The van der Waals surface area contributed by atoms with E-state index < -0.39 is 11.8 Å². The summed E-state index contributed by atoms with van der Waals surface area (Å²) in [6.07, 6.45) is 3.63. The van der Waals surface area contributed by atoms with Crippen molar-refractivity contribution in [2.75, 3.05) is 0 Å². The molecule has 0 aliphatic carbocycles. The standard InChI is InChI=1S/C21H18ClFN2O/c1-13-3-2-4-15(7-13)19(21(24)26)9-14-8-16(12-25-11-14)18-10-17(22)5-6-20(18)23/h2-8,10-12,19H,9H2,1H3,(H2,24,26). The van der Waals surface area contributed by atoms with E-state index >= 15 is 0 Å². The minimum Gasteiger partial charge on any atom is -0.369 e. The van der Waals surface area contributed by atoms with Crippen LogP contribution in [0.2, 0.25) is 5.02 Å². The average molecular weight is 369 g/mol. The zero-order chi connectivity index (χ0) is 18.7. The molecule has 2 N–H and O–H groups in total. The number of rotatable bonds is 5. The van der Waals surface area contributed by atoms with E-state index in [1.165, 1.54) is 12.1 Å². The molecule has 3 nitrogen and oxygen atoms in total. The Hall–Kier alpha value is -2.72. The van der Waals surface area contributed by atoms with E-state index in [-0.39, 0.29) is 5.82 Å². The summed E-state index contributed by atoms with van der Waals surface area (Å²) in [4.78, 5) is 16.2. The molecule has 1 amide bonds. The van der Waals surface area contributed by atoms with Crippen LogP contribution in [0.5, 0.6) is 0 Å².